The number of carbonyl (C=O) groups excluding carboxylic acids is 1. The minimum atomic E-state index is -0.221. The van der Waals surface area contributed by atoms with E-state index < -0.39 is 0 Å². The molecule has 2 atom stereocenters. The van der Waals surface area contributed by atoms with Gasteiger partial charge in [0.25, 0.3) is 0 Å². The van der Waals surface area contributed by atoms with Crippen molar-refractivity contribution >= 4 is 5.97 Å². The monoisotopic (exact) mass is 167 g/mol. The van der Waals surface area contributed by atoms with E-state index in [1.54, 1.807) is 0 Å². The lowest BCUT2D eigenvalue weighted by Crippen LogP contribution is -2.27. The molecule has 1 saturated carbocycles. The van der Waals surface area contributed by atoms with Crippen LogP contribution in [0.15, 0.2) is 0 Å². The molecule has 0 aromatic carbocycles. The van der Waals surface area contributed by atoms with Crippen molar-refractivity contribution in [3.05, 3.63) is 0 Å². The average molecular weight is 167 g/mol. The van der Waals surface area contributed by atoms with Crippen LogP contribution in [-0.2, 0) is 9.53 Å². The molecule has 0 N–H and O–H groups in total. The predicted molar refractivity (Wildman–Crippen MR) is 43.1 cm³/mol. The number of rotatable bonds is 1. The Morgan fingerprint density at radius 3 is 2.75 bits per heavy atom. The summed E-state index contributed by atoms with van der Waals surface area (Å²) < 4.78 is 4.63. The van der Waals surface area contributed by atoms with Crippen LogP contribution in [0, 0.1) is 23.2 Å². The van der Waals surface area contributed by atoms with Crippen LogP contribution in [0.3, 0.4) is 0 Å². The van der Waals surface area contributed by atoms with E-state index in [0.29, 0.717) is 0 Å². The van der Waals surface area contributed by atoms with E-state index in [4.69, 9.17) is 5.26 Å². The molecule has 3 nitrogen and oxygen atoms in total. The third kappa shape index (κ3) is 1.76. The second-order valence-corrected chi connectivity index (χ2v) is 3.15. The van der Waals surface area contributed by atoms with Gasteiger partial charge in [0.2, 0.25) is 0 Å². The van der Waals surface area contributed by atoms with Crippen molar-refractivity contribution in [2.24, 2.45) is 11.8 Å². The van der Waals surface area contributed by atoms with Crippen LogP contribution in [-0.4, -0.2) is 13.1 Å². The van der Waals surface area contributed by atoms with Gasteiger partial charge in [-0.15, -0.1) is 0 Å². The van der Waals surface area contributed by atoms with Crippen molar-refractivity contribution in [1.29, 1.82) is 5.26 Å². The fourth-order valence-corrected chi connectivity index (χ4v) is 1.72. The van der Waals surface area contributed by atoms with E-state index in [9.17, 15) is 4.79 Å². The Balaban J connectivity index is 2.60. The van der Waals surface area contributed by atoms with Crippen LogP contribution in [0.2, 0.25) is 0 Å². The van der Waals surface area contributed by atoms with Gasteiger partial charge in [0.1, 0.15) is 0 Å². The zero-order chi connectivity index (χ0) is 8.97. The molecule has 0 heterocycles. The molecule has 0 saturated heterocycles. The first-order chi connectivity index (χ1) is 5.79. The molecule has 0 amide bonds. The van der Waals surface area contributed by atoms with Gasteiger partial charge in [0.15, 0.2) is 0 Å². The zero-order valence-electron chi connectivity index (χ0n) is 7.25. The number of hydrogen-bond donors (Lipinski definition) is 0. The number of hydrogen-bond acceptors (Lipinski definition) is 3. The average Bonchev–Trinajstić information content (AvgIpc) is 2.16. The molecule has 0 aliphatic heterocycles. The second kappa shape index (κ2) is 4.10. The highest BCUT2D eigenvalue weighted by atomic mass is 16.5. The maximum atomic E-state index is 11.2. The topological polar surface area (TPSA) is 50.1 Å². The zero-order valence-corrected chi connectivity index (χ0v) is 7.25. The summed E-state index contributed by atoms with van der Waals surface area (Å²) in [6, 6.07) is 2.17. The highest BCUT2D eigenvalue weighted by Gasteiger charge is 2.31. The van der Waals surface area contributed by atoms with Gasteiger partial charge in [-0.05, 0) is 12.8 Å². The molecular weight excluding hydrogens is 154 g/mol. The molecule has 2 unspecified atom stereocenters. The first-order valence-electron chi connectivity index (χ1n) is 4.27. The fraction of sp³-hybridized carbons (Fsp3) is 0.778. The van der Waals surface area contributed by atoms with E-state index in [-0.39, 0.29) is 17.8 Å². The fourth-order valence-electron chi connectivity index (χ4n) is 1.72. The second-order valence-electron chi connectivity index (χ2n) is 3.15. The van der Waals surface area contributed by atoms with Crippen LogP contribution in [0.1, 0.15) is 25.7 Å². The summed E-state index contributed by atoms with van der Waals surface area (Å²) in [6.07, 6.45) is 3.75. The summed E-state index contributed by atoms with van der Waals surface area (Å²) in [5.41, 5.74) is 0. The minimum absolute atomic E-state index is 0.119. The van der Waals surface area contributed by atoms with Crippen LogP contribution in [0.4, 0.5) is 0 Å². The lowest BCUT2D eigenvalue weighted by Gasteiger charge is -2.23. The van der Waals surface area contributed by atoms with Crippen molar-refractivity contribution in [3.8, 4) is 6.07 Å². The molecule has 12 heavy (non-hydrogen) atoms. The van der Waals surface area contributed by atoms with Gasteiger partial charge in [-0.1, -0.05) is 12.8 Å². The first-order valence-corrected chi connectivity index (χ1v) is 4.27. The number of ether oxygens (including phenoxy) is 1. The predicted octanol–water partition coefficient (Wildman–Crippen LogP) is 1.49. The van der Waals surface area contributed by atoms with Gasteiger partial charge >= 0.3 is 5.97 Å². The van der Waals surface area contributed by atoms with Crippen LogP contribution < -0.4 is 0 Å². The van der Waals surface area contributed by atoms with Crippen molar-refractivity contribution in [1.82, 2.24) is 0 Å². The molecule has 1 rings (SSSR count). The molecule has 0 aromatic rings. The lowest BCUT2D eigenvalue weighted by molar-refractivity contribution is -0.147. The standard InChI is InChI=1S/C9H13NO2/c1-12-9(11)8-5-3-2-4-7(8)6-10/h7-8H,2-5H2,1H3. The molecule has 1 aliphatic rings. The highest BCUT2D eigenvalue weighted by Crippen LogP contribution is 2.30. The molecule has 0 bridgehead atoms. The molecule has 1 aliphatic carbocycles. The maximum Gasteiger partial charge on any atom is 0.309 e. The number of esters is 1. The summed E-state index contributed by atoms with van der Waals surface area (Å²) in [4.78, 5) is 11.2. The third-order valence-corrected chi connectivity index (χ3v) is 2.44. The van der Waals surface area contributed by atoms with Crippen molar-refractivity contribution < 1.29 is 9.53 Å². The Labute approximate surface area is 72.3 Å². The Hall–Kier alpha value is -1.04. The molecule has 0 radical (unpaired) electrons. The van der Waals surface area contributed by atoms with Gasteiger partial charge in [0.05, 0.1) is 25.0 Å². The van der Waals surface area contributed by atoms with E-state index >= 15 is 0 Å². The van der Waals surface area contributed by atoms with E-state index in [2.05, 4.69) is 10.8 Å². The number of nitrogens with zero attached hydrogens (tertiary/aromatic N) is 1. The summed E-state index contributed by atoms with van der Waals surface area (Å²) in [5.74, 6) is -0.513. The van der Waals surface area contributed by atoms with Crippen LogP contribution in [0.25, 0.3) is 0 Å². The van der Waals surface area contributed by atoms with E-state index in [1.165, 1.54) is 7.11 Å². The minimum Gasteiger partial charge on any atom is -0.469 e. The summed E-state index contributed by atoms with van der Waals surface area (Å²) in [5, 5.41) is 8.75. The highest BCUT2D eigenvalue weighted by molar-refractivity contribution is 5.73. The van der Waals surface area contributed by atoms with Crippen molar-refractivity contribution in [2.75, 3.05) is 7.11 Å². The largest absolute Gasteiger partial charge is 0.469 e. The van der Waals surface area contributed by atoms with Crippen LogP contribution >= 0.6 is 0 Å². The first kappa shape index (κ1) is 9.05. The number of methoxy groups -OCH3 is 1. The van der Waals surface area contributed by atoms with Gasteiger partial charge in [-0.25, -0.2) is 0 Å². The van der Waals surface area contributed by atoms with Crippen LogP contribution in [0.5, 0.6) is 0 Å². The van der Waals surface area contributed by atoms with Crippen molar-refractivity contribution in [3.63, 3.8) is 0 Å². The number of nitriles is 1. The molecule has 66 valence electrons. The Kier molecular flexibility index (Phi) is 3.09. The lowest BCUT2D eigenvalue weighted by atomic mass is 9.80. The Morgan fingerprint density at radius 2 is 2.17 bits per heavy atom. The number of carbonyl (C=O) groups is 1. The summed E-state index contributed by atoms with van der Waals surface area (Å²) >= 11 is 0. The normalized spacial score (nSPS) is 29.0. The SMILES string of the molecule is COC(=O)C1CCCCC1C#N. The smallest absolute Gasteiger partial charge is 0.309 e. The molecule has 0 aromatic heterocycles. The summed E-state index contributed by atoms with van der Waals surface area (Å²) in [6.45, 7) is 0. The summed E-state index contributed by atoms with van der Waals surface area (Å²) in [7, 11) is 1.38. The quantitative estimate of drug-likeness (QED) is 0.556. The molecule has 1 fully saturated rings. The molecule has 3 heteroatoms. The van der Waals surface area contributed by atoms with E-state index in [0.717, 1.165) is 25.7 Å². The van der Waals surface area contributed by atoms with Gasteiger partial charge in [0, 0.05) is 0 Å². The van der Waals surface area contributed by atoms with E-state index in [1.807, 2.05) is 0 Å². The van der Waals surface area contributed by atoms with Gasteiger partial charge in [-0.2, -0.15) is 5.26 Å². The Morgan fingerprint density at radius 1 is 1.50 bits per heavy atom. The van der Waals surface area contributed by atoms with Gasteiger partial charge in [-0.3, -0.25) is 4.79 Å². The maximum absolute atomic E-state index is 11.2. The molecule has 0 spiro atoms. The molecular formula is C9H13NO2. The van der Waals surface area contributed by atoms with Gasteiger partial charge < -0.3 is 4.74 Å². The Bertz CT molecular complexity index is 207. The third-order valence-electron chi connectivity index (χ3n) is 2.44. The van der Waals surface area contributed by atoms with Crippen molar-refractivity contribution in [2.45, 2.75) is 25.7 Å².